The molecule has 43 heavy (non-hydrogen) atoms. The van der Waals surface area contributed by atoms with Crippen LogP contribution in [-0.2, 0) is 6.67 Å². The van der Waals surface area contributed by atoms with Crippen LogP contribution in [0.2, 0.25) is 0 Å². The smallest absolute Gasteiger partial charge is 0.267 e. The third-order valence-electron chi connectivity index (χ3n) is 7.15. The van der Waals surface area contributed by atoms with Gasteiger partial charge in [-0.05, 0) is 46.9 Å². The number of nitrogens with zero attached hydrogens (tertiary/aromatic N) is 4. The van der Waals surface area contributed by atoms with E-state index in [1.54, 1.807) is 23.1 Å². The van der Waals surface area contributed by atoms with Gasteiger partial charge in [0.1, 0.15) is 4.70 Å². The minimum absolute atomic E-state index is 0.0575. The third-order valence-corrected chi connectivity index (χ3v) is 9.38. The van der Waals surface area contributed by atoms with Gasteiger partial charge in [0.2, 0.25) is 12.2 Å². The Morgan fingerprint density at radius 2 is 1.40 bits per heavy atom. The number of anilines is 1. The minimum Gasteiger partial charge on any atom is -0.370 e. The van der Waals surface area contributed by atoms with Crippen LogP contribution in [0.1, 0.15) is 11.4 Å². The SMILES string of the molecule is NC(N)=NCCCN1C(=Cc2sc3ccc(-c4ccccc4)cc3[n+]2CN=C(N)N)Sc2ccc(-c3ccccc3)cc21. The maximum absolute atomic E-state index is 5.78. The summed E-state index contributed by atoms with van der Waals surface area (Å²) in [6.07, 6.45) is 3.04. The molecule has 0 bridgehead atoms. The van der Waals surface area contributed by atoms with Crippen LogP contribution < -0.4 is 32.4 Å². The average molecular weight is 606 g/mol. The molecule has 0 saturated heterocycles. The molecule has 216 valence electrons. The number of thioether (sulfide) groups is 1. The Labute approximate surface area is 259 Å². The van der Waals surface area contributed by atoms with Gasteiger partial charge in [-0.2, -0.15) is 9.56 Å². The monoisotopic (exact) mass is 605 g/mol. The summed E-state index contributed by atoms with van der Waals surface area (Å²) in [7, 11) is 0. The van der Waals surface area contributed by atoms with Crippen LogP contribution in [0.3, 0.4) is 0 Å². The molecule has 0 spiro atoms. The van der Waals surface area contributed by atoms with Gasteiger partial charge in [0.05, 0.1) is 16.8 Å². The standard InChI is InChI=1S/C33H33N8S2/c34-32(35)38-16-7-17-40-26-18-24(22-8-3-1-4-9-22)12-14-28(26)42-30(40)20-31-41(21-39-33(36)37)27-19-25(13-15-29(27)43-31)23-10-5-2-6-11-23/h1-6,8-15,18-20H,7,16-17,21H2,(H4,34,35,38)(H4,36,37,39)/q+1. The molecule has 4 aromatic carbocycles. The van der Waals surface area contributed by atoms with Crippen LogP contribution in [0.4, 0.5) is 5.69 Å². The van der Waals surface area contributed by atoms with Gasteiger partial charge < -0.3 is 27.8 Å². The van der Waals surface area contributed by atoms with E-state index in [4.69, 9.17) is 22.9 Å². The van der Waals surface area contributed by atoms with E-state index in [-0.39, 0.29) is 11.9 Å². The summed E-state index contributed by atoms with van der Waals surface area (Å²) >= 11 is 3.48. The summed E-state index contributed by atoms with van der Waals surface area (Å²) in [5, 5.41) is 2.18. The summed E-state index contributed by atoms with van der Waals surface area (Å²) in [5.41, 5.74) is 29.7. The quantitative estimate of drug-likeness (QED) is 0.0776. The predicted molar refractivity (Wildman–Crippen MR) is 182 cm³/mol. The van der Waals surface area contributed by atoms with Crippen LogP contribution in [0.5, 0.6) is 0 Å². The molecule has 0 saturated carbocycles. The van der Waals surface area contributed by atoms with E-state index in [2.05, 4.69) is 110 Å². The molecule has 0 fully saturated rings. The Kier molecular flexibility index (Phi) is 8.30. The first-order valence-electron chi connectivity index (χ1n) is 14.0. The fraction of sp³-hybridized carbons (Fsp3) is 0.121. The molecule has 2 heterocycles. The minimum atomic E-state index is 0.0575. The zero-order valence-corrected chi connectivity index (χ0v) is 25.2. The van der Waals surface area contributed by atoms with Gasteiger partial charge >= 0.3 is 0 Å². The summed E-state index contributed by atoms with van der Waals surface area (Å²) in [6.45, 7) is 1.64. The zero-order chi connectivity index (χ0) is 29.8. The second-order valence-electron chi connectivity index (χ2n) is 10.1. The lowest BCUT2D eigenvalue weighted by molar-refractivity contribution is -0.667. The van der Waals surface area contributed by atoms with Crippen molar-refractivity contribution in [2.75, 3.05) is 18.0 Å². The van der Waals surface area contributed by atoms with Crippen LogP contribution in [-0.4, -0.2) is 25.0 Å². The van der Waals surface area contributed by atoms with E-state index in [9.17, 15) is 0 Å². The highest BCUT2D eigenvalue weighted by Crippen LogP contribution is 2.48. The zero-order valence-electron chi connectivity index (χ0n) is 23.6. The molecule has 0 atom stereocenters. The molecule has 1 aliphatic rings. The van der Waals surface area contributed by atoms with Crippen molar-refractivity contribution < 1.29 is 4.57 Å². The number of fused-ring (bicyclic) bond motifs is 2. The Bertz CT molecular complexity index is 1840. The number of thiazole rings is 1. The van der Waals surface area contributed by atoms with Crippen molar-refractivity contribution in [3.05, 3.63) is 107 Å². The third kappa shape index (κ3) is 6.35. The predicted octanol–water partition coefficient (Wildman–Crippen LogP) is 5.33. The second kappa shape index (κ2) is 12.6. The Hall–Kier alpha value is -4.80. The number of aromatic nitrogens is 1. The van der Waals surface area contributed by atoms with Crippen molar-refractivity contribution in [2.45, 2.75) is 18.0 Å². The average Bonchev–Trinajstić information content (AvgIpc) is 3.54. The van der Waals surface area contributed by atoms with Crippen LogP contribution in [0, 0.1) is 0 Å². The van der Waals surface area contributed by atoms with Gasteiger partial charge in [-0.3, -0.25) is 4.99 Å². The fourth-order valence-corrected chi connectivity index (χ4v) is 7.36. The molecule has 0 aliphatic carbocycles. The summed E-state index contributed by atoms with van der Waals surface area (Å²) < 4.78 is 3.33. The van der Waals surface area contributed by atoms with E-state index >= 15 is 0 Å². The van der Waals surface area contributed by atoms with E-state index in [1.165, 1.54) is 21.7 Å². The number of rotatable bonds is 9. The maximum atomic E-state index is 5.78. The van der Waals surface area contributed by atoms with Gasteiger partial charge in [-0.15, -0.1) is 0 Å². The number of hydrogen-bond donors (Lipinski definition) is 4. The van der Waals surface area contributed by atoms with Gasteiger partial charge in [-0.25, -0.2) is 0 Å². The Balaban J connectivity index is 1.42. The molecule has 0 amide bonds. The topological polar surface area (TPSA) is 136 Å². The lowest BCUT2D eigenvalue weighted by Gasteiger charge is -2.20. The molecule has 8 N–H and O–H groups in total. The van der Waals surface area contributed by atoms with Crippen molar-refractivity contribution in [3.63, 3.8) is 0 Å². The normalized spacial score (nSPS) is 13.3. The Morgan fingerprint density at radius 3 is 2.07 bits per heavy atom. The van der Waals surface area contributed by atoms with E-state index < -0.39 is 0 Å². The van der Waals surface area contributed by atoms with Crippen molar-refractivity contribution >= 4 is 57.0 Å². The molecule has 0 unspecified atom stereocenters. The van der Waals surface area contributed by atoms with E-state index in [0.29, 0.717) is 13.2 Å². The molecule has 8 nitrogen and oxygen atoms in total. The molecule has 6 rings (SSSR count). The van der Waals surface area contributed by atoms with Crippen molar-refractivity contribution in [2.24, 2.45) is 32.9 Å². The molecular formula is C33H33N8S2+. The first kappa shape index (κ1) is 28.3. The van der Waals surface area contributed by atoms with Crippen LogP contribution in [0.15, 0.2) is 117 Å². The van der Waals surface area contributed by atoms with Crippen LogP contribution in [0.25, 0.3) is 38.5 Å². The van der Waals surface area contributed by atoms with Crippen molar-refractivity contribution in [3.8, 4) is 22.3 Å². The summed E-state index contributed by atoms with van der Waals surface area (Å²) in [5.74, 6) is 0.168. The van der Waals surface area contributed by atoms with E-state index in [0.717, 1.165) is 44.3 Å². The summed E-state index contributed by atoms with van der Waals surface area (Å²) in [6, 6.07) is 34.0. The van der Waals surface area contributed by atoms with Gasteiger partial charge in [0.25, 0.3) is 5.01 Å². The second-order valence-corrected chi connectivity index (χ2v) is 12.2. The fourth-order valence-electron chi connectivity index (χ4n) is 5.11. The van der Waals surface area contributed by atoms with Crippen molar-refractivity contribution in [1.82, 2.24) is 0 Å². The molecule has 0 radical (unpaired) electrons. The molecular weight excluding hydrogens is 573 g/mol. The first-order chi connectivity index (χ1) is 21.0. The lowest BCUT2D eigenvalue weighted by Crippen LogP contribution is -2.36. The lowest BCUT2D eigenvalue weighted by atomic mass is 10.0. The largest absolute Gasteiger partial charge is 0.370 e. The molecule has 10 heteroatoms. The molecule has 1 aliphatic heterocycles. The maximum Gasteiger partial charge on any atom is 0.267 e. The molecule has 1 aromatic heterocycles. The van der Waals surface area contributed by atoms with Crippen LogP contribution >= 0.6 is 23.1 Å². The van der Waals surface area contributed by atoms with Gasteiger partial charge in [0.15, 0.2) is 11.9 Å². The van der Waals surface area contributed by atoms with Crippen molar-refractivity contribution in [1.29, 1.82) is 0 Å². The number of guanidine groups is 2. The number of nitrogens with two attached hydrogens (primary N) is 4. The van der Waals surface area contributed by atoms with Gasteiger partial charge in [0, 0.05) is 24.1 Å². The molecule has 5 aromatic rings. The number of aliphatic imine (C=N–C) groups is 2. The highest BCUT2D eigenvalue weighted by molar-refractivity contribution is 8.03. The highest BCUT2D eigenvalue weighted by Gasteiger charge is 2.28. The van der Waals surface area contributed by atoms with E-state index in [1.807, 2.05) is 12.1 Å². The first-order valence-corrected chi connectivity index (χ1v) is 15.6. The number of hydrogen-bond acceptors (Lipinski definition) is 5. The Morgan fingerprint density at radius 1 is 0.744 bits per heavy atom. The van der Waals surface area contributed by atoms with Gasteiger partial charge in [-0.1, -0.05) is 95.9 Å². The highest BCUT2D eigenvalue weighted by atomic mass is 32.2. The number of benzene rings is 4. The summed E-state index contributed by atoms with van der Waals surface area (Å²) in [4.78, 5) is 12.2.